The molecule has 2 aromatic rings. The number of benzene rings is 1. The number of esters is 2. The minimum atomic E-state index is -1.18. The molecule has 0 aliphatic carbocycles. The molecule has 0 amide bonds. The van der Waals surface area contributed by atoms with E-state index in [9.17, 15) is 18.4 Å². The first kappa shape index (κ1) is 16.8. The molecule has 8 heteroatoms. The van der Waals surface area contributed by atoms with Crippen molar-refractivity contribution in [3.63, 3.8) is 0 Å². The highest BCUT2D eigenvalue weighted by molar-refractivity contribution is 6.32. The lowest BCUT2D eigenvalue weighted by Gasteiger charge is -2.08. The third-order valence-corrected chi connectivity index (χ3v) is 3.00. The molecule has 0 aliphatic heterocycles. The number of ether oxygens (including phenoxy) is 2. The number of hydrogen-bond donors (Lipinski definition) is 0. The molecule has 0 saturated carbocycles. The normalized spacial score (nSPS) is 10.2. The molecule has 0 atom stereocenters. The van der Waals surface area contributed by atoms with Crippen molar-refractivity contribution < 1.29 is 27.8 Å². The quantitative estimate of drug-likeness (QED) is 0.475. The summed E-state index contributed by atoms with van der Waals surface area (Å²) >= 11 is 5.72. The molecule has 0 N–H and O–H groups in total. The first-order valence-electron chi connectivity index (χ1n) is 6.39. The highest BCUT2D eigenvalue weighted by Crippen LogP contribution is 2.14. The highest BCUT2D eigenvalue weighted by Gasteiger charge is 2.18. The summed E-state index contributed by atoms with van der Waals surface area (Å²) in [6, 6.07) is 5.91. The summed E-state index contributed by atoms with van der Waals surface area (Å²) in [4.78, 5) is 27.0. The summed E-state index contributed by atoms with van der Waals surface area (Å²) in [6.07, 6.45) is 1.41. The maximum Gasteiger partial charge on any atom is 0.344 e. The SMILES string of the molecule is O=C(OCCOC(=O)c1c(F)cccc1F)c1cccnc1Cl. The summed E-state index contributed by atoms with van der Waals surface area (Å²) in [5.41, 5.74) is -0.741. The zero-order valence-electron chi connectivity index (χ0n) is 11.6. The molecule has 120 valence electrons. The Hall–Kier alpha value is -2.54. The van der Waals surface area contributed by atoms with Crippen molar-refractivity contribution in [1.82, 2.24) is 4.98 Å². The van der Waals surface area contributed by atoms with Gasteiger partial charge in [-0.2, -0.15) is 0 Å². The number of rotatable bonds is 5. The second-order valence-corrected chi connectivity index (χ2v) is 4.57. The van der Waals surface area contributed by atoms with Gasteiger partial charge >= 0.3 is 11.9 Å². The first-order valence-corrected chi connectivity index (χ1v) is 6.77. The van der Waals surface area contributed by atoms with Gasteiger partial charge in [0, 0.05) is 6.20 Å². The van der Waals surface area contributed by atoms with Crippen LogP contribution in [0, 0.1) is 11.6 Å². The van der Waals surface area contributed by atoms with Crippen LogP contribution in [0.2, 0.25) is 5.15 Å². The zero-order chi connectivity index (χ0) is 16.8. The number of pyridine rings is 1. The van der Waals surface area contributed by atoms with E-state index in [0.717, 1.165) is 18.2 Å². The average molecular weight is 342 g/mol. The number of hydrogen-bond acceptors (Lipinski definition) is 5. The van der Waals surface area contributed by atoms with Gasteiger partial charge in [-0.25, -0.2) is 23.4 Å². The van der Waals surface area contributed by atoms with Crippen LogP contribution in [0.1, 0.15) is 20.7 Å². The van der Waals surface area contributed by atoms with E-state index >= 15 is 0 Å². The third-order valence-electron chi connectivity index (χ3n) is 2.70. The molecule has 0 fully saturated rings. The summed E-state index contributed by atoms with van der Waals surface area (Å²) < 4.78 is 36.2. The molecular weight excluding hydrogens is 332 g/mol. The maximum atomic E-state index is 13.4. The van der Waals surface area contributed by atoms with E-state index in [1.807, 2.05) is 0 Å². The minimum Gasteiger partial charge on any atom is -0.458 e. The van der Waals surface area contributed by atoms with Crippen LogP contribution in [0.3, 0.4) is 0 Å². The number of aromatic nitrogens is 1. The van der Waals surface area contributed by atoms with Gasteiger partial charge in [-0.05, 0) is 24.3 Å². The molecule has 0 aliphatic rings. The van der Waals surface area contributed by atoms with Gasteiger partial charge in [0.25, 0.3) is 0 Å². The molecule has 1 aromatic carbocycles. The van der Waals surface area contributed by atoms with E-state index in [0.29, 0.717) is 0 Å². The van der Waals surface area contributed by atoms with Gasteiger partial charge in [0.1, 0.15) is 35.6 Å². The predicted octanol–water partition coefficient (Wildman–Crippen LogP) is 3.03. The van der Waals surface area contributed by atoms with Gasteiger partial charge in [-0.3, -0.25) is 0 Å². The number of halogens is 3. The fourth-order valence-corrected chi connectivity index (χ4v) is 1.85. The molecule has 1 heterocycles. The molecule has 0 radical (unpaired) electrons. The van der Waals surface area contributed by atoms with Gasteiger partial charge in [0.05, 0.1) is 5.56 Å². The molecule has 0 saturated heterocycles. The molecule has 0 bridgehead atoms. The van der Waals surface area contributed by atoms with Crippen molar-refractivity contribution >= 4 is 23.5 Å². The first-order chi connectivity index (χ1) is 11.0. The zero-order valence-corrected chi connectivity index (χ0v) is 12.3. The van der Waals surface area contributed by atoms with E-state index in [1.54, 1.807) is 0 Å². The predicted molar refractivity (Wildman–Crippen MR) is 76.2 cm³/mol. The van der Waals surface area contributed by atoms with Crippen LogP contribution in [0.5, 0.6) is 0 Å². The summed E-state index contributed by atoms with van der Waals surface area (Å²) in [5, 5.41) is -0.0251. The van der Waals surface area contributed by atoms with Crippen LogP contribution in [0.4, 0.5) is 8.78 Å². The summed E-state index contributed by atoms with van der Waals surface area (Å²) in [7, 11) is 0. The Balaban J connectivity index is 1.85. The number of carbonyl (C=O) groups excluding carboxylic acids is 2. The third kappa shape index (κ3) is 4.23. The number of carbonyl (C=O) groups is 2. The number of nitrogens with zero attached hydrogens (tertiary/aromatic N) is 1. The molecule has 0 spiro atoms. The fraction of sp³-hybridized carbons (Fsp3) is 0.133. The minimum absolute atomic E-state index is 0.0251. The molecule has 2 rings (SSSR count). The Kier molecular flexibility index (Phi) is 5.59. The van der Waals surface area contributed by atoms with Crippen LogP contribution in [-0.4, -0.2) is 30.1 Å². The van der Waals surface area contributed by atoms with Crippen LogP contribution < -0.4 is 0 Å². The maximum absolute atomic E-state index is 13.4. The van der Waals surface area contributed by atoms with Gasteiger partial charge in [0.2, 0.25) is 0 Å². The molecule has 23 heavy (non-hydrogen) atoms. The Morgan fingerprint density at radius 2 is 1.61 bits per heavy atom. The van der Waals surface area contributed by atoms with E-state index in [1.165, 1.54) is 18.3 Å². The summed E-state index contributed by atoms with van der Waals surface area (Å²) in [5.74, 6) is -4.00. The second-order valence-electron chi connectivity index (χ2n) is 4.21. The molecule has 5 nitrogen and oxygen atoms in total. The fourth-order valence-electron chi connectivity index (χ4n) is 1.65. The monoisotopic (exact) mass is 341 g/mol. The Bertz CT molecular complexity index is 719. The van der Waals surface area contributed by atoms with Gasteiger partial charge in [0.15, 0.2) is 0 Å². The van der Waals surface area contributed by atoms with Crippen LogP contribution in [0.15, 0.2) is 36.5 Å². The van der Waals surface area contributed by atoms with Crippen LogP contribution >= 0.6 is 11.6 Å². The second kappa shape index (κ2) is 7.64. The summed E-state index contributed by atoms with van der Waals surface area (Å²) in [6.45, 7) is -0.665. The largest absolute Gasteiger partial charge is 0.458 e. The molecule has 0 unspecified atom stereocenters. The topological polar surface area (TPSA) is 65.5 Å². The van der Waals surface area contributed by atoms with Gasteiger partial charge < -0.3 is 9.47 Å². The van der Waals surface area contributed by atoms with Crippen molar-refractivity contribution in [1.29, 1.82) is 0 Å². The Labute approximate surface area is 134 Å². The van der Waals surface area contributed by atoms with Gasteiger partial charge in [-0.15, -0.1) is 0 Å². The van der Waals surface area contributed by atoms with E-state index < -0.39 is 29.1 Å². The van der Waals surface area contributed by atoms with Crippen LogP contribution in [0.25, 0.3) is 0 Å². The highest BCUT2D eigenvalue weighted by atomic mass is 35.5. The Morgan fingerprint density at radius 3 is 2.22 bits per heavy atom. The van der Waals surface area contributed by atoms with Crippen molar-refractivity contribution in [2.75, 3.05) is 13.2 Å². The van der Waals surface area contributed by atoms with Crippen molar-refractivity contribution in [2.24, 2.45) is 0 Å². The Morgan fingerprint density at radius 1 is 1.00 bits per heavy atom. The van der Waals surface area contributed by atoms with Crippen molar-refractivity contribution in [3.8, 4) is 0 Å². The lowest BCUT2D eigenvalue weighted by atomic mass is 10.2. The standard InChI is InChI=1S/C15H10ClF2NO4/c16-13-9(3-2-6-19-13)14(20)22-7-8-23-15(21)12-10(17)4-1-5-11(12)18/h1-6H,7-8H2. The molecule has 1 aromatic heterocycles. The van der Waals surface area contributed by atoms with E-state index in [-0.39, 0.29) is 23.9 Å². The average Bonchev–Trinajstić information content (AvgIpc) is 2.51. The van der Waals surface area contributed by atoms with Crippen molar-refractivity contribution in [2.45, 2.75) is 0 Å². The lowest BCUT2D eigenvalue weighted by molar-refractivity contribution is 0.0259. The van der Waals surface area contributed by atoms with E-state index in [2.05, 4.69) is 9.72 Å². The van der Waals surface area contributed by atoms with E-state index in [4.69, 9.17) is 16.3 Å². The van der Waals surface area contributed by atoms with Crippen molar-refractivity contribution in [3.05, 3.63) is 64.4 Å². The van der Waals surface area contributed by atoms with Gasteiger partial charge in [-0.1, -0.05) is 17.7 Å². The smallest absolute Gasteiger partial charge is 0.344 e. The molecular formula is C15H10ClF2NO4. The lowest BCUT2D eigenvalue weighted by Crippen LogP contribution is -2.16. The van der Waals surface area contributed by atoms with Crippen LogP contribution in [-0.2, 0) is 9.47 Å².